The summed E-state index contributed by atoms with van der Waals surface area (Å²) in [5.41, 5.74) is 1.61. The molecule has 1 aliphatic heterocycles. The predicted octanol–water partition coefficient (Wildman–Crippen LogP) is 4.33. The number of ether oxygens (including phenoxy) is 1. The third kappa shape index (κ3) is 6.68. The number of H-pyrrole nitrogens is 1. The third-order valence-electron chi connectivity index (χ3n) is 7.79. The lowest BCUT2D eigenvalue weighted by molar-refractivity contribution is -0.137. The molecule has 226 valence electrons. The van der Waals surface area contributed by atoms with E-state index in [1.54, 1.807) is 9.36 Å². The first-order valence-electron chi connectivity index (χ1n) is 14.2. The minimum atomic E-state index is -0.580. The van der Waals surface area contributed by atoms with Gasteiger partial charge in [0.05, 0.1) is 17.9 Å². The largest absolute Gasteiger partial charge is 0.468 e. The summed E-state index contributed by atoms with van der Waals surface area (Å²) < 4.78 is 23.7. The molecule has 0 radical (unpaired) electrons. The van der Waals surface area contributed by atoms with E-state index in [0.717, 1.165) is 98.2 Å². The molecular weight excluding hydrogens is 605 g/mol. The maximum Gasteiger partial charge on any atom is 0.328 e. The lowest BCUT2D eigenvalue weighted by Crippen LogP contribution is -2.40. The first kappa shape index (κ1) is 30.6. The number of thioether (sulfide) groups is 1. The molecule has 3 aliphatic rings. The molecule has 1 N–H and O–H groups in total. The van der Waals surface area contributed by atoms with Crippen molar-refractivity contribution in [3.8, 4) is 0 Å². The number of hydrogen-bond acceptors (Lipinski definition) is 8. The number of esters is 1. The molecule has 0 spiro atoms. The minimum Gasteiger partial charge on any atom is -0.468 e. The zero-order valence-corrected chi connectivity index (χ0v) is 25.7. The molecule has 0 unspecified atom stereocenters. The number of benzene rings is 1. The highest BCUT2D eigenvalue weighted by atomic mass is 35.5. The molecule has 0 saturated heterocycles. The monoisotopic (exact) mass is 637 g/mol. The molecule has 0 amide bonds. The van der Waals surface area contributed by atoms with Crippen LogP contribution in [-0.2, 0) is 35.5 Å². The Morgan fingerprint density at radius 3 is 2.57 bits per heavy atom. The first-order chi connectivity index (χ1) is 20.3. The van der Waals surface area contributed by atoms with Crippen molar-refractivity contribution >= 4 is 46.4 Å². The number of hydrogen-bond donors (Lipinski definition) is 1. The third-order valence-corrected chi connectivity index (χ3v) is 10.1. The summed E-state index contributed by atoms with van der Waals surface area (Å²) in [6.07, 6.45) is 10.0. The summed E-state index contributed by atoms with van der Waals surface area (Å²) in [5.74, 6) is -0.923. The summed E-state index contributed by atoms with van der Waals surface area (Å²) in [7, 11) is 1.30. The molecule has 2 aromatic heterocycles. The first-order valence-corrected chi connectivity index (χ1v) is 16.4. The Bertz CT molecular complexity index is 1720. The van der Waals surface area contributed by atoms with Gasteiger partial charge < -0.3 is 9.72 Å². The van der Waals surface area contributed by atoms with Crippen LogP contribution >= 0.6 is 34.7 Å². The van der Waals surface area contributed by atoms with E-state index >= 15 is 0 Å². The van der Waals surface area contributed by atoms with Gasteiger partial charge in [0.2, 0.25) is 4.80 Å². The average Bonchev–Trinajstić information content (AvgIpc) is 3.59. The van der Waals surface area contributed by atoms with Crippen molar-refractivity contribution < 1.29 is 13.9 Å². The summed E-state index contributed by atoms with van der Waals surface area (Å²) in [4.78, 5) is 55.7. The van der Waals surface area contributed by atoms with Gasteiger partial charge >= 0.3 is 16.5 Å². The number of fused-ring (bicyclic) bond motifs is 2. The Balaban J connectivity index is 0.000000180. The molecule has 3 aromatic rings. The van der Waals surface area contributed by atoms with Crippen LogP contribution in [0.2, 0.25) is 5.02 Å². The van der Waals surface area contributed by atoms with Gasteiger partial charge in [0.15, 0.2) is 0 Å². The van der Waals surface area contributed by atoms with Crippen LogP contribution in [0.4, 0.5) is 10.1 Å². The Labute approximate surface area is 254 Å². The van der Waals surface area contributed by atoms with Crippen LogP contribution in [0.5, 0.6) is 0 Å². The van der Waals surface area contributed by atoms with Crippen LogP contribution in [0, 0.1) is 5.82 Å². The summed E-state index contributed by atoms with van der Waals surface area (Å²) >= 11 is 8.17. The van der Waals surface area contributed by atoms with Gasteiger partial charge in [0.25, 0.3) is 5.56 Å². The van der Waals surface area contributed by atoms with Gasteiger partial charge in [-0.15, -0.1) is 11.8 Å². The number of aromatic amines is 1. The van der Waals surface area contributed by atoms with Crippen molar-refractivity contribution in [2.75, 3.05) is 12.9 Å². The zero-order valence-electron chi connectivity index (χ0n) is 23.3. The molecule has 1 saturated carbocycles. The van der Waals surface area contributed by atoms with Crippen LogP contribution in [0.3, 0.4) is 0 Å². The second-order valence-electron chi connectivity index (χ2n) is 10.5. The number of nitrogens with zero attached hydrogens (tertiary/aromatic N) is 4. The van der Waals surface area contributed by atoms with Gasteiger partial charge in [-0.25, -0.2) is 18.9 Å². The Kier molecular flexibility index (Phi) is 9.89. The van der Waals surface area contributed by atoms with Crippen molar-refractivity contribution in [2.45, 2.75) is 88.2 Å². The van der Waals surface area contributed by atoms with Gasteiger partial charge in [0.1, 0.15) is 11.5 Å². The second kappa shape index (κ2) is 13.6. The molecule has 1 fully saturated rings. The van der Waals surface area contributed by atoms with Crippen molar-refractivity contribution in [3.63, 3.8) is 0 Å². The SMILES string of the molecule is COC(=O)CSc1cc(N=c2sc(=O)n3n2CCCC3)c(F)cc1Cl.O=c1[nH]c2c(c(=O)n1C1CCCCC1)CCC2. The van der Waals surface area contributed by atoms with Crippen LogP contribution < -0.4 is 20.9 Å². The van der Waals surface area contributed by atoms with Crippen molar-refractivity contribution in [2.24, 2.45) is 4.99 Å². The Hall–Kier alpha value is -2.90. The van der Waals surface area contributed by atoms with E-state index in [1.807, 2.05) is 0 Å². The van der Waals surface area contributed by atoms with E-state index < -0.39 is 11.8 Å². The molecule has 6 rings (SSSR count). The number of carbonyl (C=O) groups is 1. The van der Waals surface area contributed by atoms with Crippen molar-refractivity contribution in [3.05, 3.63) is 69.5 Å². The average molecular weight is 638 g/mol. The summed E-state index contributed by atoms with van der Waals surface area (Å²) in [6, 6.07) is 2.78. The van der Waals surface area contributed by atoms with Crippen LogP contribution in [0.25, 0.3) is 0 Å². The maximum atomic E-state index is 14.3. The number of rotatable bonds is 5. The maximum absolute atomic E-state index is 14.3. The molecule has 3 heterocycles. The highest BCUT2D eigenvalue weighted by Crippen LogP contribution is 2.33. The molecule has 0 bridgehead atoms. The molecule has 42 heavy (non-hydrogen) atoms. The minimum absolute atomic E-state index is 0.0202. The lowest BCUT2D eigenvalue weighted by Gasteiger charge is -2.23. The second-order valence-corrected chi connectivity index (χ2v) is 12.9. The number of halogens is 2. The molecule has 2 aliphatic carbocycles. The van der Waals surface area contributed by atoms with Gasteiger partial charge in [-0.1, -0.05) is 30.9 Å². The molecule has 14 heteroatoms. The quantitative estimate of drug-likeness (QED) is 0.329. The topological polar surface area (TPSA) is 120 Å². The zero-order chi connectivity index (χ0) is 29.8. The molecule has 10 nitrogen and oxygen atoms in total. The van der Waals surface area contributed by atoms with Gasteiger partial charge in [-0.2, -0.15) is 0 Å². The van der Waals surface area contributed by atoms with Gasteiger partial charge in [-0.05, 0) is 68.4 Å². The highest BCUT2D eigenvalue weighted by Gasteiger charge is 2.24. The van der Waals surface area contributed by atoms with E-state index in [-0.39, 0.29) is 38.6 Å². The number of methoxy groups -OCH3 is 1. The van der Waals surface area contributed by atoms with Crippen molar-refractivity contribution in [1.29, 1.82) is 0 Å². The van der Waals surface area contributed by atoms with Crippen LogP contribution in [0.1, 0.15) is 68.7 Å². The standard InChI is InChI=1S/C15H15ClFN3O3S2.C13H18N2O2/c1-23-13(21)8-24-12-7-11(10(17)6-9(12)16)18-14-19-4-2-3-5-20(19)15(22)25-14;16-12-10-7-4-8-11(10)14-13(17)15(12)9-5-2-1-3-6-9/h6-7H,2-5,8H2,1H3;9H,1-8H2,(H,14,17). The Morgan fingerprint density at radius 1 is 1.10 bits per heavy atom. The van der Waals surface area contributed by atoms with Gasteiger partial charge in [-0.3, -0.25) is 23.6 Å². The number of carbonyl (C=O) groups excluding carboxylic acids is 1. The molecule has 1 aromatic carbocycles. The van der Waals surface area contributed by atoms with Crippen LogP contribution in [-0.4, -0.2) is 37.7 Å². The fourth-order valence-electron chi connectivity index (χ4n) is 5.65. The fraction of sp³-hybridized carbons (Fsp3) is 0.536. The molecule has 0 atom stereocenters. The lowest BCUT2D eigenvalue weighted by atomic mass is 9.95. The van der Waals surface area contributed by atoms with Crippen molar-refractivity contribution in [1.82, 2.24) is 18.9 Å². The normalized spacial score (nSPS) is 16.9. The number of aromatic nitrogens is 4. The summed E-state index contributed by atoms with van der Waals surface area (Å²) in [5, 5.41) is 0.199. The van der Waals surface area contributed by atoms with E-state index in [4.69, 9.17) is 11.6 Å². The van der Waals surface area contributed by atoms with E-state index in [0.29, 0.717) is 22.8 Å². The van der Waals surface area contributed by atoms with Gasteiger partial charge in [0, 0.05) is 35.3 Å². The molecular formula is C28H33ClFN5O5S2. The smallest absolute Gasteiger partial charge is 0.328 e. The Morgan fingerprint density at radius 2 is 1.83 bits per heavy atom. The van der Waals surface area contributed by atoms with E-state index in [1.165, 1.54) is 24.2 Å². The van der Waals surface area contributed by atoms with Crippen LogP contribution in [0.15, 0.2) is 36.4 Å². The number of nitrogens with one attached hydrogen (secondary N) is 1. The number of aryl methyl sites for hydroxylation is 1. The van der Waals surface area contributed by atoms with E-state index in [9.17, 15) is 23.6 Å². The fourth-order valence-corrected chi connectivity index (χ4v) is 7.63. The summed E-state index contributed by atoms with van der Waals surface area (Å²) in [6.45, 7) is 1.32. The van der Waals surface area contributed by atoms with E-state index in [2.05, 4.69) is 14.7 Å². The highest BCUT2D eigenvalue weighted by molar-refractivity contribution is 8.00. The predicted molar refractivity (Wildman–Crippen MR) is 161 cm³/mol.